The van der Waals surface area contributed by atoms with Crippen LogP contribution >= 0.6 is 23.4 Å². The van der Waals surface area contributed by atoms with E-state index in [2.05, 4.69) is 25.5 Å². The van der Waals surface area contributed by atoms with Gasteiger partial charge in [-0.15, -0.1) is 5.10 Å². The highest BCUT2D eigenvalue weighted by Gasteiger charge is 2.09. The number of nitrogens with one attached hydrogen (secondary N) is 2. The number of anilines is 1. The third-order valence-corrected chi connectivity index (χ3v) is 3.36. The number of aryl methyl sites for hydroxylation is 1. The van der Waals surface area contributed by atoms with Crippen molar-refractivity contribution >= 4 is 35.0 Å². The van der Waals surface area contributed by atoms with Gasteiger partial charge in [-0.3, -0.25) is 9.89 Å². The van der Waals surface area contributed by atoms with E-state index in [-0.39, 0.29) is 16.8 Å². The summed E-state index contributed by atoms with van der Waals surface area (Å²) in [5.74, 6) is 0.840. The Morgan fingerprint density at radius 1 is 1.58 bits per heavy atom. The van der Waals surface area contributed by atoms with E-state index in [1.165, 1.54) is 11.8 Å². The van der Waals surface area contributed by atoms with Crippen LogP contribution in [0.3, 0.4) is 0 Å². The molecule has 0 aliphatic heterocycles. The highest BCUT2D eigenvalue weighted by atomic mass is 35.5. The monoisotopic (exact) mass is 297 g/mol. The van der Waals surface area contributed by atoms with Gasteiger partial charge in [0.25, 0.3) is 0 Å². The molecule has 2 rings (SSSR count). The lowest BCUT2D eigenvalue weighted by Gasteiger charge is -2.04. The Morgan fingerprint density at radius 2 is 2.42 bits per heavy atom. The van der Waals surface area contributed by atoms with Gasteiger partial charge in [-0.1, -0.05) is 30.3 Å². The van der Waals surface area contributed by atoms with Crippen LogP contribution in [0.25, 0.3) is 0 Å². The summed E-state index contributed by atoms with van der Waals surface area (Å²) >= 11 is 7.11. The number of aromatic amines is 1. The number of H-pyrrole nitrogens is 1. The lowest BCUT2D eigenvalue weighted by Crippen LogP contribution is -2.14. The van der Waals surface area contributed by atoms with E-state index in [9.17, 15) is 4.79 Å². The molecule has 0 atom stereocenters. The first-order valence-electron chi connectivity index (χ1n) is 5.63. The summed E-state index contributed by atoms with van der Waals surface area (Å²) in [7, 11) is 0. The summed E-state index contributed by atoms with van der Waals surface area (Å²) in [6, 6.07) is 3.40. The molecule has 6 nitrogen and oxygen atoms in total. The minimum Gasteiger partial charge on any atom is -0.323 e. The second-order valence-electron chi connectivity index (χ2n) is 3.60. The number of halogens is 1. The minimum atomic E-state index is -0.178. The highest BCUT2D eigenvalue weighted by molar-refractivity contribution is 7.99. The quantitative estimate of drug-likeness (QED) is 0.652. The van der Waals surface area contributed by atoms with Gasteiger partial charge in [0.05, 0.1) is 11.4 Å². The molecular weight excluding hydrogens is 286 g/mol. The van der Waals surface area contributed by atoms with Gasteiger partial charge in [0.2, 0.25) is 11.1 Å². The molecule has 0 saturated carbocycles. The van der Waals surface area contributed by atoms with Crippen molar-refractivity contribution in [2.75, 3.05) is 11.1 Å². The smallest absolute Gasteiger partial charge is 0.234 e. The zero-order valence-corrected chi connectivity index (χ0v) is 11.8. The molecule has 0 aromatic carbocycles. The molecule has 0 radical (unpaired) electrons. The van der Waals surface area contributed by atoms with E-state index in [1.807, 2.05) is 6.92 Å². The minimum absolute atomic E-state index is 0.178. The van der Waals surface area contributed by atoms with Crippen LogP contribution in [0.4, 0.5) is 5.69 Å². The fourth-order valence-corrected chi connectivity index (χ4v) is 2.08. The Balaban J connectivity index is 1.86. The van der Waals surface area contributed by atoms with E-state index in [0.717, 1.165) is 12.2 Å². The zero-order valence-electron chi connectivity index (χ0n) is 10.2. The van der Waals surface area contributed by atoms with Gasteiger partial charge >= 0.3 is 0 Å². The predicted molar refractivity (Wildman–Crippen MR) is 74.4 cm³/mol. The SMILES string of the molecule is CCc1nc(SCC(=O)Nc2cccnc2Cl)n[nH]1. The highest BCUT2D eigenvalue weighted by Crippen LogP contribution is 2.18. The first kappa shape index (κ1) is 13.8. The maximum atomic E-state index is 11.7. The number of carbonyl (C=O) groups is 1. The van der Waals surface area contributed by atoms with Crippen molar-refractivity contribution in [3.8, 4) is 0 Å². The van der Waals surface area contributed by atoms with Gasteiger partial charge in [-0.2, -0.15) is 0 Å². The van der Waals surface area contributed by atoms with E-state index in [1.54, 1.807) is 18.3 Å². The molecule has 0 saturated heterocycles. The Hall–Kier alpha value is -1.60. The number of amides is 1. The van der Waals surface area contributed by atoms with Crippen molar-refractivity contribution in [3.63, 3.8) is 0 Å². The molecule has 0 aliphatic carbocycles. The molecule has 0 spiro atoms. The zero-order chi connectivity index (χ0) is 13.7. The number of thioether (sulfide) groups is 1. The lowest BCUT2D eigenvalue weighted by molar-refractivity contribution is -0.113. The largest absolute Gasteiger partial charge is 0.323 e. The fraction of sp³-hybridized carbons (Fsp3) is 0.273. The number of pyridine rings is 1. The molecule has 1 amide bonds. The molecule has 2 aromatic heterocycles. The Morgan fingerprint density at radius 3 is 3.11 bits per heavy atom. The second-order valence-corrected chi connectivity index (χ2v) is 4.90. The standard InChI is InChI=1S/C11H12ClN5OS/c1-2-8-15-11(17-16-8)19-6-9(18)14-7-4-3-5-13-10(7)12/h3-5H,2,6H2,1H3,(H,14,18)(H,15,16,17). The summed E-state index contributed by atoms with van der Waals surface area (Å²) < 4.78 is 0. The van der Waals surface area contributed by atoms with Crippen LogP contribution in [0.15, 0.2) is 23.5 Å². The first-order valence-corrected chi connectivity index (χ1v) is 7.00. The summed E-state index contributed by atoms with van der Waals surface area (Å²) in [5.41, 5.74) is 0.499. The van der Waals surface area contributed by atoms with Crippen molar-refractivity contribution in [1.82, 2.24) is 20.2 Å². The molecular formula is C11H12ClN5OS. The number of hydrogen-bond donors (Lipinski definition) is 2. The van der Waals surface area contributed by atoms with Crippen molar-refractivity contribution in [2.45, 2.75) is 18.5 Å². The molecule has 8 heteroatoms. The summed E-state index contributed by atoms with van der Waals surface area (Å²) in [6.07, 6.45) is 2.34. The van der Waals surface area contributed by atoms with Gasteiger partial charge in [-0.05, 0) is 12.1 Å². The van der Waals surface area contributed by atoms with Crippen molar-refractivity contribution < 1.29 is 4.79 Å². The van der Waals surface area contributed by atoms with Crippen LogP contribution < -0.4 is 5.32 Å². The van der Waals surface area contributed by atoms with Crippen molar-refractivity contribution in [3.05, 3.63) is 29.3 Å². The van der Waals surface area contributed by atoms with E-state index in [4.69, 9.17) is 11.6 Å². The van der Waals surface area contributed by atoms with Crippen LogP contribution in [-0.4, -0.2) is 31.8 Å². The van der Waals surface area contributed by atoms with E-state index in [0.29, 0.717) is 10.8 Å². The summed E-state index contributed by atoms with van der Waals surface area (Å²) in [6.45, 7) is 1.98. The third-order valence-electron chi connectivity index (χ3n) is 2.21. The van der Waals surface area contributed by atoms with Crippen molar-refractivity contribution in [1.29, 1.82) is 0 Å². The molecule has 0 unspecified atom stereocenters. The number of aromatic nitrogens is 4. The predicted octanol–water partition coefficient (Wildman–Crippen LogP) is 2.15. The van der Waals surface area contributed by atoms with E-state index >= 15 is 0 Å². The first-order chi connectivity index (χ1) is 9.19. The molecule has 19 heavy (non-hydrogen) atoms. The number of carbonyl (C=O) groups excluding carboxylic acids is 1. The average Bonchev–Trinajstić information content (AvgIpc) is 2.87. The van der Waals surface area contributed by atoms with Gasteiger partial charge < -0.3 is 5.32 Å². The lowest BCUT2D eigenvalue weighted by atomic mass is 10.4. The number of hydrogen-bond acceptors (Lipinski definition) is 5. The molecule has 2 heterocycles. The average molecular weight is 298 g/mol. The van der Waals surface area contributed by atoms with Crippen LogP contribution in [0.2, 0.25) is 5.15 Å². The van der Waals surface area contributed by atoms with Crippen LogP contribution in [0.1, 0.15) is 12.7 Å². The van der Waals surface area contributed by atoms with Gasteiger partial charge in [0.15, 0.2) is 5.15 Å². The van der Waals surface area contributed by atoms with Crippen molar-refractivity contribution in [2.24, 2.45) is 0 Å². The molecule has 2 N–H and O–H groups in total. The Kier molecular flexibility index (Phi) is 4.75. The van der Waals surface area contributed by atoms with Gasteiger partial charge in [-0.25, -0.2) is 9.97 Å². The van der Waals surface area contributed by atoms with Crippen LogP contribution in [0.5, 0.6) is 0 Å². The molecule has 0 aliphatic rings. The van der Waals surface area contributed by atoms with Gasteiger partial charge in [0.1, 0.15) is 5.82 Å². The summed E-state index contributed by atoms with van der Waals surface area (Å²) in [5, 5.41) is 10.3. The van der Waals surface area contributed by atoms with Crippen LogP contribution in [0, 0.1) is 0 Å². The third kappa shape index (κ3) is 3.93. The maximum Gasteiger partial charge on any atom is 0.234 e. The number of nitrogens with zero attached hydrogens (tertiary/aromatic N) is 3. The number of rotatable bonds is 5. The molecule has 0 fully saturated rings. The van der Waals surface area contributed by atoms with Gasteiger partial charge in [0, 0.05) is 12.6 Å². The normalized spacial score (nSPS) is 10.4. The summed E-state index contributed by atoms with van der Waals surface area (Å²) in [4.78, 5) is 19.8. The molecule has 100 valence electrons. The van der Waals surface area contributed by atoms with E-state index < -0.39 is 0 Å². The molecule has 2 aromatic rings. The Labute approximate surface area is 119 Å². The Bertz CT molecular complexity index is 574. The fourth-order valence-electron chi connectivity index (χ4n) is 1.30. The van der Waals surface area contributed by atoms with Crippen LogP contribution in [-0.2, 0) is 11.2 Å². The molecule has 0 bridgehead atoms. The maximum absolute atomic E-state index is 11.7. The second kappa shape index (κ2) is 6.53. The topological polar surface area (TPSA) is 83.6 Å².